The second-order valence-electron chi connectivity index (χ2n) is 3.87. The fourth-order valence-corrected chi connectivity index (χ4v) is 3.07. The molecule has 0 aromatic carbocycles. The summed E-state index contributed by atoms with van der Waals surface area (Å²) >= 11 is 1.84. The zero-order valence-electron chi connectivity index (χ0n) is 11.0. The van der Waals surface area contributed by atoms with Crippen LogP contribution in [0.15, 0.2) is 0 Å². The van der Waals surface area contributed by atoms with Gasteiger partial charge in [0.1, 0.15) is 0 Å². The van der Waals surface area contributed by atoms with E-state index in [-0.39, 0.29) is 5.75 Å². The molecule has 0 aliphatic heterocycles. The van der Waals surface area contributed by atoms with E-state index in [0.29, 0.717) is 13.0 Å². The fraction of sp³-hybridized carbons (Fsp3) is 1.00. The molecular weight excluding hydrogens is 256 g/mol. The molecule has 0 rings (SSSR count). The Morgan fingerprint density at radius 3 is 2.47 bits per heavy atom. The summed E-state index contributed by atoms with van der Waals surface area (Å²) in [5.41, 5.74) is 0. The molecule has 0 fully saturated rings. The molecule has 17 heavy (non-hydrogen) atoms. The Labute approximate surface area is 110 Å². The molecule has 0 saturated carbocycles. The van der Waals surface area contributed by atoms with Crippen LogP contribution in [0.1, 0.15) is 33.1 Å². The summed E-state index contributed by atoms with van der Waals surface area (Å²) in [4.78, 5) is 0. The van der Waals surface area contributed by atoms with Crippen molar-refractivity contribution in [3.05, 3.63) is 0 Å². The monoisotopic (exact) mass is 282 g/mol. The Morgan fingerprint density at radius 2 is 1.82 bits per heavy atom. The maximum atomic E-state index is 11.6. The van der Waals surface area contributed by atoms with E-state index in [4.69, 9.17) is 0 Å². The van der Waals surface area contributed by atoms with Gasteiger partial charge in [0.25, 0.3) is 0 Å². The number of sulfonamides is 1. The molecule has 0 amide bonds. The lowest BCUT2D eigenvalue weighted by atomic mass is 10.4. The third-order valence-corrected chi connectivity index (χ3v) is 4.64. The van der Waals surface area contributed by atoms with Gasteiger partial charge in [0.05, 0.1) is 5.75 Å². The number of nitrogens with one attached hydrogen (secondary N) is 2. The highest BCUT2D eigenvalue weighted by atomic mass is 32.2. The third kappa shape index (κ3) is 12.5. The van der Waals surface area contributed by atoms with Crippen molar-refractivity contribution in [2.75, 3.05) is 36.9 Å². The van der Waals surface area contributed by atoms with Crippen LogP contribution in [0.25, 0.3) is 0 Å². The van der Waals surface area contributed by atoms with E-state index in [1.54, 1.807) is 0 Å². The first-order valence-electron chi connectivity index (χ1n) is 6.38. The summed E-state index contributed by atoms with van der Waals surface area (Å²) < 4.78 is 25.7. The van der Waals surface area contributed by atoms with Crippen molar-refractivity contribution in [2.45, 2.75) is 33.1 Å². The predicted octanol–water partition coefficient (Wildman–Crippen LogP) is 1.44. The van der Waals surface area contributed by atoms with Gasteiger partial charge >= 0.3 is 0 Å². The van der Waals surface area contributed by atoms with Crippen LogP contribution >= 0.6 is 11.8 Å². The summed E-state index contributed by atoms with van der Waals surface area (Å²) in [6.07, 6.45) is 2.67. The minimum Gasteiger partial charge on any atom is -0.317 e. The maximum Gasteiger partial charge on any atom is 0.211 e. The number of hydrogen-bond acceptors (Lipinski definition) is 4. The number of thioether (sulfide) groups is 1. The Hall–Kier alpha value is 0.220. The summed E-state index contributed by atoms with van der Waals surface area (Å²) in [7, 11) is -3.06. The Morgan fingerprint density at radius 1 is 1.06 bits per heavy atom. The highest BCUT2D eigenvalue weighted by molar-refractivity contribution is 7.99. The molecule has 0 aliphatic rings. The van der Waals surface area contributed by atoms with E-state index in [1.807, 2.05) is 11.8 Å². The Bertz CT molecular complexity index is 236. The lowest BCUT2D eigenvalue weighted by Gasteiger charge is -2.07. The molecule has 0 aromatic rings. The molecule has 6 heteroatoms. The molecule has 0 atom stereocenters. The lowest BCUT2D eigenvalue weighted by Crippen LogP contribution is -2.29. The van der Waals surface area contributed by atoms with Gasteiger partial charge in [0.2, 0.25) is 10.0 Å². The SMILES string of the molecule is CCCNCCCS(=O)(=O)NCCCSCC. The van der Waals surface area contributed by atoms with Crippen LogP contribution in [0, 0.1) is 0 Å². The Kier molecular flexibility index (Phi) is 11.5. The van der Waals surface area contributed by atoms with Gasteiger partial charge in [0.15, 0.2) is 0 Å². The van der Waals surface area contributed by atoms with Gasteiger partial charge in [0, 0.05) is 6.54 Å². The predicted molar refractivity (Wildman–Crippen MR) is 77.2 cm³/mol. The van der Waals surface area contributed by atoms with E-state index in [1.165, 1.54) is 0 Å². The minimum atomic E-state index is -3.06. The summed E-state index contributed by atoms with van der Waals surface area (Å²) in [5, 5.41) is 3.20. The van der Waals surface area contributed by atoms with E-state index in [2.05, 4.69) is 23.9 Å². The highest BCUT2D eigenvalue weighted by Crippen LogP contribution is 2.00. The van der Waals surface area contributed by atoms with Crippen LogP contribution in [0.5, 0.6) is 0 Å². The van der Waals surface area contributed by atoms with E-state index >= 15 is 0 Å². The van der Waals surface area contributed by atoms with Crippen molar-refractivity contribution in [1.82, 2.24) is 10.0 Å². The van der Waals surface area contributed by atoms with Gasteiger partial charge in [-0.3, -0.25) is 0 Å². The molecule has 0 heterocycles. The first kappa shape index (κ1) is 17.2. The van der Waals surface area contributed by atoms with Crippen LogP contribution in [-0.2, 0) is 10.0 Å². The van der Waals surface area contributed by atoms with Gasteiger partial charge in [-0.2, -0.15) is 11.8 Å². The van der Waals surface area contributed by atoms with Gasteiger partial charge in [-0.25, -0.2) is 13.1 Å². The topological polar surface area (TPSA) is 58.2 Å². The Balaban J connectivity index is 3.46. The van der Waals surface area contributed by atoms with Crippen molar-refractivity contribution < 1.29 is 8.42 Å². The fourth-order valence-electron chi connectivity index (χ4n) is 1.31. The van der Waals surface area contributed by atoms with Crippen LogP contribution in [0.4, 0.5) is 0 Å². The molecular formula is C11H26N2O2S2. The van der Waals surface area contributed by atoms with E-state index in [9.17, 15) is 8.42 Å². The van der Waals surface area contributed by atoms with Crippen molar-refractivity contribution in [1.29, 1.82) is 0 Å². The zero-order chi connectivity index (χ0) is 13.0. The summed E-state index contributed by atoms with van der Waals surface area (Å²) in [6.45, 7) is 6.51. The molecule has 0 bridgehead atoms. The second-order valence-corrected chi connectivity index (χ2v) is 7.19. The van der Waals surface area contributed by atoms with E-state index < -0.39 is 10.0 Å². The first-order valence-corrected chi connectivity index (χ1v) is 9.19. The number of hydrogen-bond donors (Lipinski definition) is 2. The van der Waals surface area contributed by atoms with Gasteiger partial charge < -0.3 is 5.32 Å². The zero-order valence-corrected chi connectivity index (χ0v) is 12.6. The summed E-state index contributed by atoms with van der Waals surface area (Å²) in [6, 6.07) is 0. The van der Waals surface area contributed by atoms with Crippen LogP contribution in [0.3, 0.4) is 0 Å². The van der Waals surface area contributed by atoms with Crippen LogP contribution in [-0.4, -0.2) is 45.3 Å². The van der Waals surface area contributed by atoms with Crippen molar-refractivity contribution in [2.24, 2.45) is 0 Å². The smallest absolute Gasteiger partial charge is 0.211 e. The normalized spacial score (nSPS) is 11.9. The van der Waals surface area contributed by atoms with Crippen LogP contribution in [0.2, 0.25) is 0 Å². The average Bonchev–Trinajstić information content (AvgIpc) is 2.28. The lowest BCUT2D eigenvalue weighted by molar-refractivity contribution is 0.574. The van der Waals surface area contributed by atoms with Gasteiger partial charge in [-0.1, -0.05) is 13.8 Å². The highest BCUT2D eigenvalue weighted by Gasteiger charge is 2.08. The molecule has 0 aliphatic carbocycles. The quantitative estimate of drug-likeness (QED) is 0.532. The number of rotatable bonds is 12. The van der Waals surface area contributed by atoms with Crippen molar-refractivity contribution in [3.8, 4) is 0 Å². The van der Waals surface area contributed by atoms with Crippen molar-refractivity contribution >= 4 is 21.8 Å². The minimum absolute atomic E-state index is 0.227. The molecule has 0 unspecified atom stereocenters. The molecule has 0 radical (unpaired) electrons. The molecule has 0 saturated heterocycles. The molecule has 4 nitrogen and oxygen atoms in total. The van der Waals surface area contributed by atoms with Crippen LogP contribution < -0.4 is 10.0 Å². The molecule has 2 N–H and O–H groups in total. The van der Waals surface area contributed by atoms with E-state index in [0.717, 1.165) is 37.4 Å². The molecule has 0 aromatic heterocycles. The largest absolute Gasteiger partial charge is 0.317 e. The molecule has 104 valence electrons. The van der Waals surface area contributed by atoms with Gasteiger partial charge in [-0.15, -0.1) is 0 Å². The molecule has 0 spiro atoms. The standard InChI is InChI=1S/C11H26N2O2S2/c1-3-7-12-8-6-11-17(14,15)13-9-5-10-16-4-2/h12-13H,3-11H2,1-2H3. The third-order valence-electron chi connectivity index (χ3n) is 2.18. The maximum absolute atomic E-state index is 11.6. The first-order chi connectivity index (χ1) is 8.12. The van der Waals surface area contributed by atoms with Crippen molar-refractivity contribution in [3.63, 3.8) is 0 Å². The van der Waals surface area contributed by atoms with Gasteiger partial charge in [-0.05, 0) is 43.9 Å². The summed E-state index contributed by atoms with van der Waals surface area (Å²) in [5.74, 6) is 2.34. The average molecular weight is 282 g/mol. The second kappa shape index (κ2) is 11.3.